The lowest BCUT2D eigenvalue weighted by Crippen LogP contribution is -2.43. The van der Waals surface area contributed by atoms with Crippen LogP contribution in [0.2, 0.25) is 0 Å². The molecule has 3 rings (SSSR count). The van der Waals surface area contributed by atoms with Crippen LogP contribution in [0.25, 0.3) is 0 Å². The summed E-state index contributed by atoms with van der Waals surface area (Å²) >= 11 is 0. The highest BCUT2D eigenvalue weighted by Crippen LogP contribution is 2.29. The van der Waals surface area contributed by atoms with Gasteiger partial charge in [0.2, 0.25) is 0 Å². The summed E-state index contributed by atoms with van der Waals surface area (Å²) in [5, 5.41) is 10.8. The van der Waals surface area contributed by atoms with E-state index >= 15 is 0 Å². The predicted octanol–water partition coefficient (Wildman–Crippen LogP) is 2.82. The summed E-state index contributed by atoms with van der Waals surface area (Å²) in [6, 6.07) is 21.4. The number of nitrogens with zero attached hydrogens (tertiary/aromatic N) is 2. The minimum absolute atomic E-state index is 0.342. The molecule has 1 atom stereocenters. The fourth-order valence-corrected chi connectivity index (χ4v) is 3.85. The van der Waals surface area contributed by atoms with Crippen molar-refractivity contribution in [3.63, 3.8) is 0 Å². The van der Waals surface area contributed by atoms with Crippen molar-refractivity contribution < 1.29 is 5.11 Å². The number of benzene rings is 2. The molecule has 1 aliphatic rings. The van der Waals surface area contributed by atoms with Gasteiger partial charge in [-0.25, -0.2) is 0 Å². The Balaban J connectivity index is 1.76. The molecule has 0 spiro atoms. The van der Waals surface area contributed by atoms with Crippen molar-refractivity contribution in [2.75, 3.05) is 40.3 Å². The number of likely N-dealkylation sites (tertiary alicyclic amines) is 1. The Morgan fingerprint density at radius 3 is 2.04 bits per heavy atom. The number of hydrogen-bond donors (Lipinski definition) is 1. The van der Waals surface area contributed by atoms with E-state index < -0.39 is 5.60 Å². The molecule has 0 unspecified atom stereocenters. The normalized spacial score (nSPS) is 21.7. The molecule has 3 nitrogen and oxygen atoms in total. The highest BCUT2D eigenvalue weighted by atomic mass is 16.3. The van der Waals surface area contributed by atoms with Crippen LogP contribution in [0.15, 0.2) is 60.7 Å². The van der Waals surface area contributed by atoms with E-state index in [1.165, 1.54) is 11.1 Å². The molecule has 0 amide bonds. The largest absolute Gasteiger partial charge is 0.387 e. The number of rotatable bonds is 6. The van der Waals surface area contributed by atoms with Gasteiger partial charge in [0.1, 0.15) is 0 Å². The summed E-state index contributed by atoms with van der Waals surface area (Å²) in [5.41, 5.74) is 2.10. The zero-order chi connectivity index (χ0) is 17.0. The Bertz CT molecular complexity index is 589. The molecule has 24 heavy (non-hydrogen) atoms. The quantitative estimate of drug-likeness (QED) is 0.885. The Kier molecular flexibility index (Phi) is 5.34. The molecule has 1 fully saturated rings. The molecule has 1 heterocycles. The molecule has 1 aliphatic heterocycles. The molecule has 3 heteroatoms. The van der Waals surface area contributed by atoms with Gasteiger partial charge in [-0.1, -0.05) is 60.7 Å². The van der Waals surface area contributed by atoms with Crippen LogP contribution >= 0.6 is 0 Å². The van der Waals surface area contributed by atoms with Crippen molar-refractivity contribution in [3.05, 3.63) is 71.8 Å². The zero-order valence-corrected chi connectivity index (χ0v) is 14.7. The third-order valence-corrected chi connectivity index (χ3v) is 4.87. The van der Waals surface area contributed by atoms with Gasteiger partial charge >= 0.3 is 0 Å². The Labute approximate surface area is 145 Å². The van der Waals surface area contributed by atoms with Crippen LogP contribution in [-0.4, -0.2) is 60.8 Å². The first-order valence-electron chi connectivity index (χ1n) is 8.75. The van der Waals surface area contributed by atoms with Crippen LogP contribution in [0, 0.1) is 0 Å². The second kappa shape index (κ2) is 7.47. The van der Waals surface area contributed by atoms with Crippen LogP contribution in [0.1, 0.15) is 23.5 Å². The summed E-state index contributed by atoms with van der Waals surface area (Å²) in [6.45, 7) is 3.39. The van der Waals surface area contributed by atoms with E-state index in [0.717, 1.165) is 32.6 Å². The standard InChI is InChI=1S/C21H28N2O/c1-22(2)16-21(24)13-14-23(17-21)15-20(18-9-5-3-6-10-18)19-11-7-4-8-12-19/h3-12,20,24H,13-17H2,1-2H3/t21-/m0/s1. The lowest BCUT2D eigenvalue weighted by molar-refractivity contribution is 0.0245. The molecule has 2 aromatic rings. The van der Waals surface area contributed by atoms with E-state index in [0.29, 0.717) is 5.92 Å². The van der Waals surface area contributed by atoms with E-state index in [4.69, 9.17) is 0 Å². The van der Waals surface area contributed by atoms with Crippen molar-refractivity contribution in [1.82, 2.24) is 9.80 Å². The second-order valence-corrected chi connectivity index (χ2v) is 7.32. The van der Waals surface area contributed by atoms with Crippen LogP contribution in [-0.2, 0) is 0 Å². The van der Waals surface area contributed by atoms with E-state index in [1.54, 1.807) is 0 Å². The van der Waals surface area contributed by atoms with Crippen LogP contribution < -0.4 is 0 Å². The van der Waals surface area contributed by atoms with E-state index in [2.05, 4.69) is 70.5 Å². The second-order valence-electron chi connectivity index (χ2n) is 7.32. The molecule has 0 aliphatic carbocycles. The molecule has 2 aromatic carbocycles. The van der Waals surface area contributed by atoms with Crippen molar-refractivity contribution in [1.29, 1.82) is 0 Å². The Morgan fingerprint density at radius 1 is 1.00 bits per heavy atom. The number of β-amino-alcohol motifs (C(OH)–C–C–N with tert-alkyl or cyclic N) is 1. The average Bonchev–Trinajstić information content (AvgIpc) is 2.94. The molecule has 1 saturated heterocycles. The topological polar surface area (TPSA) is 26.7 Å². The Hall–Kier alpha value is -1.68. The third-order valence-electron chi connectivity index (χ3n) is 4.87. The molecule has 0 aromatic heterocycles. The first kappa shape index (κ1) is 17.2. The molecule has 0 saturated carbocycles. The van der Waals surface area contributed by atoms with Crippen LogP contribution in [0.4, 0.5) is 0 Å². The van der Waals surface area contributed by atoms with Gasteiger partial charge in [0.25, 0.3) is 0 Å². The van der Waals surface area contributed by atoms with Gasteiger partial charge in [-0.05, 0) is 31.6 Å². The lowest BCUT2D eigenvalue weighted by Gasteiger charge is -2.28. The third kappa shape index (κ3) is 4.23. The predicted molar refractivity (Wildman–Crippen MR) is 99.3 cm³/mol. The van der Waals surface area contributed by atoms with E-state index in [-0.39, 0.29) is 0 Å². The molecule has 0 radical (unpaired) electrons. The molecule has 128 valence electrons. The average molecular weight is 324 g/mol. The van der Waals surface area contributed by atoms with Crippen molar-refractivity contribution >= 4 is 0 Å². The van der Waals surface area contributed by atoms with Crippen molar-refractivity contribution in [2.45, 2.75) is 17.9 Å². The number of hydrogen-bond acceptors (Lipinski definition) is 3. The summed E-state index contributed by atoms with van der Waals surface area (Å²) in [4.78, 5) is 4.49. The summed E-state index contributed by atoms with van der Waals surface area (Å²) in [7, 11) is 4.05. The summed E-state index contributed by atoms with van der Waals surface area (Å²) in [5.74, 6) is 0.342. The molecular formula is C21H28N2O. The van der Waals surface area contributed by atoms with Gasteiger partial charge in [0, 0.05) is 32.1 Å². The van der Waals surface area contributed by atoms with Gasteiger partial charge in [-0.15, -0.1) is 0 Å². The number of aliphatic hydroxyl groups is 1. The highest BCUT2D eigenvalue weighted by molar-refractivity contribution is 5.32. The minimum atomic E-state index is -0.582. The monoisotopic (exact) mass is 324 g/mol. The van der Waals surface area contributed by atoms with Gasteiger partial charge in [-0.3, -0.25) is 4.90 Å². The lowest BCUT2D eigenvalue weighted by atomic mass is 9.91. The SMILES string of the molecule is CN(C)C[C@@]1(O)CCN(CC(c2ccccc2)c2ccccc2)C1. The highest BCUT2D eigenvalue weighted by Gasteiger charge is 2.37. The molecular weight excluding hydrogens is 296 g/mol. The maximum absolute atomic E-state index is 10.8. The molecule has 0 bridgehead atoms. The fourth-order valence-electron chi connectivity index (χ4n) is 3.85. The molecule has 1 N–H and O–H groups in total. The first-order chi connectivity index (χ1) is 11.6. The van der Waals surface area contributed by atoms with Gasteiger partial charge in [-0.2, -0.15) is 0 Å². The fraction of sp³-hybridized carbons (Fsp3) is 0.429. The van der Waals surface area contributed by atoms with E-state index in [1.807, 2.05) is 14.1 Å². The van der Waals surface area contributed by atoms with Gasteiger partial charge in [0.15, 0.2) is 0 Å². The smallest absolute Gasteiger partial charge is 0.0912 e. The maximum atomic E-state index is 10.8. The van der Waals surface area contributed by atoms with E-state index in [9.17, 15) is 5.11 Å². The van der Waals surface area contributed by atoms with Gasteiger partial charge in [0.05, 0.1) is 5.60 Å². The van der Waals surface area contributed by atoms with Crippen LogP contribution in [0.3, 0.4) is 0 Å². The summed E-state index contributed by atoms with van der Waals surface area (Å²) < 4.78 is 0. The zero-order valence-electron chi connectivity index (χ0n) is 14.7. The van der Waals surface area contributed by atoms with Crippen molar-refractivity contribution in [2.24, 2.45) is 0 Å². The number of likely N-dealkylation sites (N-methyl/N-ethyl adjacent to an activating group) is 1. The Morgan fingerprint density at radius 2 is 1.54 bits per heavy atom. The summed E-state index contributed by atoms with van der Waals surface area (Å²) in [6.07, 6.45) is 0.849. The first-order valence-corrected chi connectivity index (χ1v) is 8.75. The van der Waals surface area contributed by atoms with Crippen molar-refractivity contribution in [3.8, 4) is 0 Å². The maximum Gasteiger partial charge on any atom is 0.0912 e. The van der Waals surface area contributed by atoms with Crippen LogP contribution in [0.5, 0.6) is 0 Å². The minimum Gasteiger partial charge on any atom is -0.387 e. The van der Waals surface area contributed by atoms with Gasteiger partial charge < -0.3 is 10.0 Å².